The van der Waals surface area contributed by atoms with E-state index in [0.29, 0.717) is 22.1 Å². The number of nitrogen functional groups attached to an aromatic ring is 1. The zero-order chi connectivity index (χ0) is 13.3. The van der Waals surface area contributed by atoms with Crippen LogP contribution in [0.2, 0.25) is 0 Å². The van der Waals surface area contributed by atoms with Gasteiger partial charge in [-0.3, -0.25) is 9.48 Å². The van der Waals surface area contributed by atoms with Crippen LogP contribution in [-0.4, -0.2) is 25.3 Å². The number of carbonyl (C=O) groups is 1. The van der Waals surface area contributed by atoms with E-state index in [2.05, 4.69) is 20.0 Å². The maximum Gasteiger partial charge on any atom is 0.270 e. The molecule has 0 bridgehead atoms. The SMILES string of the molecule is CC(C)c1nnsc1C(=O)Nc1c(N)cnn1C. The molecule has 18 heavy (non-hydrogen) atoms. The Morgan fingerprint density at radius 2 is 2.28 bits per heavy atom. The summed E-state index contributed by atoms with van der Waals surface area (Å²) >= 11 is 1.08. The van der Waals surface area contributed by atoms with Crippen molar-refractivity contribution in [1.29, 1.82) is 0 Å². The molecule has 0 unspecified atom stereocenters. The largest absolute Gasteiger partial charge is 0.394 e. The Morgan fingerprint density at radius 3 is 2.83 bits per heavy atom. The lowest BCUT2D eigenvalue weighted by molar-refractivity contribution is 0.102. The van der Waals surface area contributed by atoms with Crippen molar-refractivity contribution < 1.29 is 4.79 Å². The number of nitrogens with two attached hydrogens (primary N) is 1. The summed E-state index contributed by atoms with van der Waals surface area (Å²) in [5.41, 5.74) is 6.83. The quantitative estimate of drug-likeness (QED) is 0.870. The molecule has 0 aromatic carbocycles. The number of nitrogens with zero attached hydrogens (tertiary/aromatic N) is 4. The highest BCUT2D eigenvalue weighted by atomic mass is 32.1. The Labute approximate surface area is 108 Å². The van der Waals surface area contributed by atoms with E-state index in [0.717, 1.165) is 11.5 Å². The topological polar surface area (TPSA) is 98.7 Å². The number of hydrogen-bond acceptors (Lipinski definition) is 6. The third-order valence-electron chi connectivity index (χ3n) is 2.47. The van der Waals surface area contributed by atoms with E-state index in [4.69, 9.17) is 5.73 Å². The van der Waals surface area contributed by atoms with Gasteiger partial charge >= 0.3 is 0 Å². The van der Waals surface area contributed by atoms with Crippen LogP contribution in [0.15, 0.2) is 6.20 Å². The lowest BCUT2D eigenvalue weighted by atomic mass is 10.1. The van der Waals surface area contributed by atoms with Crippen molar-refractivity contribution in [1.82, 2.24) is 19.4 Å². The van der Waals surface area contributed by atoms with Crippen LogP contribution in [0, 0.1) is 0 Å². The zero-order valence-electron chi connectivity index (χ0n) is 10.3. The molecule has 7 nitrogen and oxygen atoms in total. The van der Waals surface area contributed by atoms with E-state index in [1.807, 2.05) is 13.8 Å². The minimum Gasteiger partial charge on any atom is -0.394 e. The van der Waals surface area contributed by atoms with E-state index < -0.39 is 0 Å². The van der Waals surface area contributed by atoms with Crippen LogP contribution in [0.5, 0.6) is 0 Å². The molecular weight excluding hydrogens is 252 g/mol. The molecule has 2 aromatic rings. The van der Waals surface area contributed by atoms with Crippen molar-refractivity contribution in [2.45, 2.75) is 19.8 Å². The summed E-state index contributed by atoms with van der Waals surface area (Å²) in [6, 6.07) is 0. The van der Waals surface area contributed by atoms with Crippen molar-refractivity contribution in [2.24, 2.45) is 7.05 Å². The molecule has 8 heteroatoms. The molecule has 0 saturated heterocycles. The number of aryl methyl sites for hydroxylation is 1. The van der Waals surface area contributed by atoms with Gasteiger partial charge in [0.1, 0.15) is 4.88 Å². The zero-order valence-corrected chi connectivity index (χ0v) is 11.2. The van der Waals surface area contributed by atoms with Gasteiger partial charge in [0, 0.05) is 7.05 Å². The maximum atomic E-state index is 12.1. The van der Waals surface area contributed by atoms with Crippen molar-refractivity contribution in [3.05, 3.63) is 16.8 Å². The number of amides is 1. The normalized spacial score (nSPS) is 10.9. The minimum atomic E-state index is -0.260. The van der Waals surface area contributed by atoms with Gasteiger partial charge < -0.3 is 11.1 Å². The van der Waals surface area contributed by atoms with Crippen LogP contribution in [0.4, 0.5) is 11.5 Å². The molecule has 2 heterocycles. The van der Waals surface area contributed by atoms with Crippen molar-refractivity contribution in [2.75, 3.05) is 11.1 Å². The number of carbonyl (C=O) groups excluding carboxylic acids is 1. The van der Waals surface area contributed by atoms with Gasteiger partial charge in [0.2, 0.25) is 0 Å². The molecule has 0 spiro atoms. The second kappa shape index (κ2) is 4.73. The van der Waals surface area contributed by atoms with Crippen LogP contribution >= 0.6 is 11.5 Å². The molecule has 0 atom stereocenters. The summed E-state index contributed by atoms with van der Waals surface area (Å²) < 4.78 is 5.33. The molecule has 0 aliphatic rings. The van der Waals surface area contributed by atoms with Gasteiger partial charge in [-0.2, -0.15) is 5.10 Å². The lowest BCUT2D eigenvalue weighted by Gasteiger charge is -2.07. The first-order valence-electron chi connectivity index (χ1n) is 5.41. The molecular formula is C10H14N6OS. The first-order chi connectivity index (χ1) is 8.50. The maximum absolute atomic E-state index is 12.1. The fourth-order valence-corrected chi connectivity index (χ4v) is 2.22. The van der Waals surface area contributed by atoms with E-state index in [1.54, 1.807) is 7.05 Å². The summed E-state index contributed by atoms with van der Waals surface area (Å²) in [6.07, 6.45) is 1.49. The monoisotopic (exact) mass is 266 g/mol. The molecule has 2 rings (SSSR count). The summed E-state index contributed by atoms with van der Waals surface area (Å²) in [4.78, 5) is 12.6. The number of hydrogen-bond donors (Lipinski definition) is 2. The molecule has 0 saturated carbocycles. The highest BCUT2D eigenvalue weighted by Gasteiger charge is 2.20. The predicted molar refractivity (Wildman–Crippen MR) is 69.6 cm³/mol. The molecule has 3 N–H and O–H groups in total. The van der Waals surface area contributed by atoms with Gasteiger partial charge in [-0.1, -0.05) is 18.3 Å². The van der Waals surface area contributed by atoms with Crippen molar-refractivity contribution >= 4 is 28.9 Å². The van der Waals surface area contributed by atoms with Crippen molar-refractivity contribution in [3.8, 4) is 0 Å². The Hall–Kier alpha value is -1.96. The van der Waals surface area contributed by atoms with Gasteiger partial charge in [0.05, 0.1) is 17.6 Å². The van der Waals surface area contributed by atoms with Crippen LogP contribution in [0.1, 0.15) is 35.1 Å². The highest BCUT2D eigenvalue weighted by molar-refractivity contribution is 7.08. The first kappa shape index (κ1) is 12.5. The molecule has 0 aliphatic heterocycles. The van der Waals surface area contributed by atoms with E-state index >= 15 is 0 Å². The van der Waals surface area contributed by atoms with Gasteiger partial charge in [-0.15, -0.1) is 5.10 Å². The van der Waals surface area contributed by atoms with Crippen molar-refractivity contribution in [3.63, 3.8) is 0 Å². The summed E-state index contributed by atoms with van der Waals surface area (Å²) in [6.45, 7) is 3.93. The van der Waals surface area contributed by atoms with E-state index in [9.17, 15) is 4.79 Å². The molecule has 1 amide bonds. The minimum absolute atomic E-state index is 0.147. The average molecular weight is 266 g/mol. The number of nitrogens with one attached hydrogen (secondary N) is 1. The Balaban J connectivity index is 2.25. The third-order valence-corrected chi connectivity index (χ3v) is 3.21. The third kappa shape index (κ3) is 2.19. The van der Waals surface area contributed by atoms with Crippen LogP contribution in [0.25, 0.3) is 0 Å². The Morgan fingerprint density at radius 1 is 1.56 bits per heavy atom. The van der Waals surface area contributed by atoms with Gasteiger partial charge in [0.15, 0.2) is 5.82 Å². The van der Waals surface area contributed by atoms with Crippen LogP contribution in [0.3, 0.4) is 0 Å². The van der Waals surface area contributed by atoms with E-state index in [1.165, 1.54) is 10.9 Å². The fraction of sp³-hybridized carbons (Fsp3) is 0.400. The molecule has 0 aliphatic carbocycles. The predicted octanol–water partition coefficient (Wildman–Crippen LogP) is 1.23. The number of rotatable bonds is 3. The lowest BCUT2D eigenvalue weighted by Crippen LogP contribution is -2.16. The first-order valence-corrected chi connectivity index (χ1v) is 6.19. The summed E-state index contributed by atoms with van der Waals surface area (Å²) in [5, 5.41) is 10.6. The van der Waals surface area contributed by atoms with Crippen LogP contribution in [-0.2, 0) is 7.05 Å². The van der Waals surface area contributed by atoms with E-state index in [-0.39, 0.29) is 11.8 Å². The number of anilines is 2. The fourth-order valence-electron chi connectivity index (χ4n) is 1.50. The van der Waals surface area contributed by atoms with Gasteiger partial charge in [0.25, 0.3) is 5.91 Å². The van der Waals surface area contributed by atoms with Crippen LogP contribution < -0.4 is 11.1 Å². The van der Waals surface area contributed by atoms with Gasteiger partial charge in [-0.05, 0) is 17.5 Å². The smallest absolute Gasteiger partial charge is 0.270 e. The molecule has 2 aromatic heterocycles. The Kier molecular flexibility index (Phi) is 3.28. The molecule has 0 fully saturated rings. The standard InChI is InChI=1S/C10H14N6OS/c1-5(2)7-8(18-15-14-7)10(17)13-9-6(11)4-12-16(9)3/h4-5H,11H2,1-3H3,(H,13,17). The highest BCUT2D eigenvalue weighted by Crippen LogP contribution is 2.22. The number of aromatic nitrogens is 4. The average Bonchev–Trinajstić information content (AvgIpc) is 2.90. The second-order valence-corrected chi connectivity index (χ2v) is 4.92. The summed E-state index contributed by atoms with van der Waals surface area (Å²) in [7, 11) is 1.71. The second-order valence-electron chi connectivity index (χ2n) is 4.17. The van der Waals surface area contributed by atoms with Gasteiger partial charge in [-0.25, -0.2) is 0 Å². The Bertz CT molecular complexity index is 553. The molecule has 0 radical (unpaired) electrons. The summed E-state index contributed by atoms with van der Waals surface area (Å²) in [5.74, 6) is 0.362. The molecule has 96 valence electrons.